The molecule has 1 aromatic heterocycles. The summed E-state index contributed by atoms with van der Waals surface area (Å²) in [6, 6.07) is 9.95. The van der Waals surface area contributed by atoms with E-state index in [1.807, 2.05) is 0 Å². The Hall–Kier alpha value is -2.47. The Morgan fingerprint density at radius 2 is 2.00 bits per heavy atom. The van der Waals surface area contributed by atoms with Gasteiger partial charge in [0.05, 0.1) is 25.8 Å². The van der Waals surface area contributed by atoms with Crippen molar-refractivity contribution in [1.29, 1.82) is 0 Å². The number of carbonyl (C=O) groups is 2. The Kier molecular flexibility index (Phi) is 6.26. The van der Waals surface area contributed by atoms with Gasteiger partial charge in [-0.15, -0.1) is 0 Å². The maximum absolute atomic E-state index is 12.6. The minimum atomic E-state index is -0.457. The zero-order valence-electron chi connectivity index (χ0n) is 13.5. The Morgan fingerprint density at radius 1 is 1.29 bits per heavy atom. The molecule has 6 nitrogen and oxygen atoms in total. The number of rotatable bonds is 6. The van der Waals surface area contributed by atoms with Gasteiger partial charge in [0.15, 0.2) is 0 Å². The molecular weight excluding hydrogens is 332 g/mol. The largest absolute Gasteiger partial charge is 0.469 e. The highest BCUT2D eigenvalue weighted by Gasteiger charge is 2.22. The Bertz CT molecular complexity index is 670. The van der Waals surface area contributed by atoms with Crippen LogP contribution in [0.15, 0.2) is 47.1 Å². The molecule has 0 aliphatic heterocycles. The van der Waals surface area contributed by atoms with Crippen LogP contribution in [0.4, 0.5) is 10.5 Å². The number of halogens is 1. The van der Waals surface area contributed by atoms with Gasteiger partial charge in [-0.25, -0.2) is 4.79 Å². The van der Waals surface area contributed by atoms with Gasteiger partial charge in [-0.2, -0.15) is 0 Å². The van der Waals surface area contributed by atoms with E-state index in [4.69, 9.17) is 20.8 Å². The highest BCUT2D eigenvalue weighted by atomic mass is 35.5. The third kappa shape index (κ3) is 5.03. The summed E-state index contributed by atoms with van der Waals surface area (Å²) in [4.78, 5) is 25.7. The number of nitrogens with one attached hydrogen (secondary N) is 1. The number of hydrogen-bond acceptors (Lipinski definition) is 4. The fourth-order valence-electron chi connectivity index (χ4n) is 2.15. The van der Waals surface area contributed by atoms with Gasteiger partial charge in [-0.05, 0) is 36.4 Å². The Labute approximate surface area is 145 Å². The number of methoxy groups -OCH3 is 1. The summed E-state index contributed by atoms with van der Waals surface area (Å²) < 4.78 is 10.0. The van der Waals surface area contributed by atoms with Crippen molar-refractivity contribution < 1.29 is 18.7 Å². The zero-order chi connectivity index (χ0) is 17.5. The molecule has 24 heavy (non-hydrogen) atoms. The first-order chi connectivity index (χ1) is 11.5. The van der Waals surface area contributed by atoms with Crippen LogP contribution in [-0.2, 0) is 16.1 Å². The number of anilines is 1. The van der Waals surface area contributed by atoms with Gasteiger partial charge in [0.25, 0.3) is 0 Å². The van der Waals surface area contributed by atoms with Crippen LogP contribution in [0.1, 0.15) is 12.7 Å². The molecule has 128 valence electrons. The van der Waals surface area contributed by atoms with E-state index in [2.05, 4.69) is 5.32 Å². The molecule has 0 aliphatic rings. The summed E-state index contributed by atoms with van der Waals surface area (Å²) in [5, 5.41) is 3.36. The van der Waals surface area contributed by atoms with Crippen LogP contribution in [0.25, 0.3) is 0 Å². The highest BCUT2D eigenvalue weighted by Crippen LogP contribution is 2.16. The van der Waals surface area contributed by atoms with Crippen molar-refractivity contribution in [3.8, 4) is 0 Å². The molecule has 0 saturated heterocycles. The zero-order valence-corrected chi connectivity index (χ0v) is 14.2. The summed E-state index contributed by atoms with van der Waals surface area (Å²) in [5.41, 5.74) is 0.611. The van der Waals surface area contributed by atoms with Crippen molar-refractivity contribution in [3.63, 3.8) is 0 Å². The number of urea groups is 1. The monoisotopic (exact) mass is 350 g/mol. The molecule has 1 unspecified atom stereocenters. The van der Waals surface area contributed by atoms with Crippen molar-refractivity contribution in [2.24, 2.45) is 5.92 Å². The average molecular weight is 351 g/mol. The predicted molar refractivity (Wildman–Crippen MR) is 90.8 cm³/mol. The molecule has 2 amide bonds. The van der Waals surface area contributed by atoms with Crippen LogP contribution in [0.2, 0.25) is 5.02 Å². The summed E-state index contributed by atoms with van der Waals surface area (Å²) in [5.74, 6) is -0.210. The van der Waals surface area contributed by atoms with E-state index < -0.39 is 5.92 Å². The van der Waals surface area contributed by atoms with Crippen LogP contribution in [-0.4, -0.2) is 30.6 Å². The minimum Gasteiger partial charge on any atom is -0.469 e. The number of carbonyl (C=O) groups excluding carboxylic acids is 2. The Morgan fingerprint density at radius 3 is 2.58 bits per heavy atom. The van der Waals surface area contributed by atoms with Gasteiger partial charge in [0.1, 0.15) is 5.76 Å². The molecule has 1 heterocycles. The first-order valence-electron chi connectivity index (χ1n) is 7.41. The van der Waals surface area contributed by atoms with E-state index >= 15 is 0 Å². The molecule has 0 aliphatic carbocycles. The van der Waals surface area contributed by atoms with E-state index in [1.54, 1.807) is 43.3 Å². The SMILES string of the molecule is COC(=O)C(C)CN(Cc1ccco1)C(=O)Nc1ccc(Cl)cc1. The maximum Gasteiger partial charge on any atom is 0.322 e. The molecule has 0 spiro atoms. The maximum atomic E-state index is 12.6. The third-order valence-electron chi connectivity index (χ3n) is 3.41. The van der Waals surface area contributed by atoms with Gasteiger partial charge in [0.2, 0.25) is 0 Å². The lowest BCUT2D eigenvalue weighted by Gasteiger charge is -2.24. The van der Waals surface area contributed by atoms with Crippen molar-refractivity contribution in [2.75, 3.05) is 19.0 Å². The molecule has 1 N–H and O–H groups in total. The fourth-order valence-corrected chi connectivity index (χ4v) is 2.28. The van der Waals surface area contributed by atoms with E-state index in [9.17, 15) is 9.59 Å². The number of ether oxygens (including phenoxy) is 1. The molecule has 0 bridgehead atoms. The summed E-state index contributed by atoms with van der Waals surface area (Å²) in [7, 11) is 1.32. The van der Waals surface area contributed by atoms with Crippen molar-refractivity contribution in [1.82, 2.24) is 4.90 Å². The van der Waals surface area contributed by atoms with Crippen LogP contribution in [0.3, 0.4) is 0 Å². The second-order valence-electron chi connectivity index (χ2n) is 5.32. The van der Waals surface area contributed by atoms with Gasteiger partial charge in [-0.3, -0.25) is 4.79 Å². The molecule has 2 aromatic rings. The number of nitrogens with zero attached hydrogens (tertiary/aromatic N) is 1. The molecule has 0 radical (unpaired) electrons. The van der Waals surface area contributed by atoms with Gasteiger partial charge in [0, 0.05) is 17.3 Å². The second-order valence-corrected chi connectivity index (χ2v) is 5.76. The van der Waals surface area contributed by atoms with Crippen LogP contribution in [0, 0.1) is 5.92 Å². The lowest BCUT2D eigenvalue weighted by Crippen LogP contribution is -2.39. The van der Waals surface area contributed by atoms with Crippen molar-refractivity contribution in [2.45, 2.75) is 13.5 Å². The second kappa shape index (κ2) is 8.40. The Balaban J connectivity index is 2.09. The minimum absolute atomic E-state index is 0.201. The standard InChI is InChI=1S/C17H19ClN2O4/c1-12(16(21)23-2)10-20(11-15-4-3-9-24-15)17(22)19-14-7-5-13(18)6-8-14/h3-9,12H,10-11H2,1-2H3,(H,19,22). The number of esters is 1. The first kappa shape index (κ1) is 17.9. The van der Waals surface area contributed by atoms with E-state index in [0.717, 1.165) is 0 Å². The van der Waals surface area contributed by atoms with E-state index in [0.29, 0.717) is 16.5 Å². The quantitative estimate of drug-likeness (QED) is 0.805. The third-order valence-corrected chi connectivity index (χ3v) is 3.66. The fraction of sp³-hybridized carbons (Fsp3) is 0.294. The van der Waals surface area contributed by atoms with E-state index in [-0.39, 0.29) is 25.1 Å². The first-order valence-corrected chi connectivity index (χ1v) is 7.79. The van der Waals surface area contributed by atoms with Gasteiger partial charge >= 0.3 is 12.0 Å². The number of furan rings is 1. The number of benzene rings is 1. The van der Waals surface area contributed by atoms with Crippen molar-refractivity contribution >= 4 is 29.3 Å². The van der Waals surface area contributed by atoms with Crippen LogP contribution >= 0.6 is 11.6 Å². The molecular formula is C17H19ClN2O4. The van der Waals surface area contributed by atoms with Crippen molar-refractivity contribution in [3.05, 3.63) is 53.4 Å². The molecule has 0 fully saturated rings. The highest BCUT2D eigenvalue weighted by molar-refractivity contribution is 6.30. The molecule has 2 rings (SSSR count). The number of hydrogen-bond donors (Lipinski definition) is 1. The lowest BCUT2D eigenvalue weighted by atomic mass is 10.1. The number of amides is 2. The topological polar surface area (TPSA) is 71.8 Å². The normalized spacial score (nSPS) is 11.6. The summed E-state index contributed by atoms with van der Waals surface area (Å²) >= 11 is 5.84. The van der Waals surface area contributed by atoms with Crippen LogP contribution < -0.4 is 5.32 Å². The van der Waals surface area contributed by atoms with Crippen LogP contribution in [0.5, 0.6) is 0 Å². The van der Waals surface area contributed by atoms with E-state index in [1.165, 1.54) is 18.3 Å². The van der Waals surface area contributed by atoms with Gasteiger partial charge < -0.3 is 19.4 Å². The summed E-state index contributed by atoms with van der Waals surface area (Å²) in [6.45, 7) is 2.15. The van der Waals surface area contributed by atoms with Gasteiger partial charge in [-0.1, -0.05) is 18.5 Å². The lowest BCUT2D eigenvalue weighted by molar-refractivity contribution is -0.145. The summed E-state index contributed by atoms with van der Waals surface area (Å²) in [6.07, 6.45) is 1.54. The predicted octanol–water partition coefficient (Wildman–Crippen LogP) is 3.78. The smallest absolute Gasteiger partial charge is 0.322 e. The molecule has 0 saturated carbocycles. The average Bonchev–Trinajstić information content (AvgIpc) is 3.08. The molecule has 1 atom stereocenters. The molecule has 1 aromatic carbocycles. The molecule has 7 heteroatoms.